The van der Waals surface area contributed by atoms with Gasteiger partial charge in [0.1, 0.15) is 5.82 Å². The fourth-order valence-corrected chi connectivity index (χ4v) is 4.41. The molecule has 5 aromatic rings. The average Bonchev–Trinajstić information content (AvgIpc) is 2.96. The van der Waals surface area contributed by atoms with Gasteiger partial charge in [-0.05, 0) is 64.0 Å². The number of fused-ring (bicyclic) bond motifs is 1. The monoisotopic (exact) mass is 503 g/mol. The number of pyridine rings is 1. The maximum Gasteiger partial charge on any atom is 0.322 e. The fraction of sp³-hybridized carbons (Fsp3) is 0.125. The lowest BCUT2D eigenvalue weighted by atomic mass is 9.94. The largest absolute Gasteiger partial charge is 0.493 e. The van der Waals surface area contributed by atoms with Gasteiger partial charge in [0.25, 0.3) is 0 Å². The zero-order valence-corrected chi connectivity index (χ0v) is 21.9. The summed E-state index contributed by atoms with van der Waals surface area (Å²) in [6, 6.07) is 32.5. The zero-order valence-electron chi connectivity index (χ0n) is 21.9. The van der Waals surface area contributed by atoms with Crippen LogP contribution in [-0.4, -0.2) is 44.2 Å². The molecule has 1 N–H and O–H groups in total. The predicted molar refractivity (Wildman–Crippen MR) is 154 cm³/mol. The number of nitrogens with one attached hydrogen (secondary N) is 1. The number of benzene rings is 4. The van der Waals surface area contributed by atoms with Crippen molar-refractivity contribution >= 4 is 22.6 Å². The van der Waals surface area contributed by atoms with Crippen LogP contribution in [-0.2, 0) is 0 Å². The van der Waals surface area contributed by atoms with Crippen LogP contribution in [0, 0.1) is 0 Å². The zero-order chi connectivity index (χ0) is 26.6. The fourth-order valence-electron chi connectivity index (χ4n) is 4.41. The summed E-state index contributed by atoms with van der Waals surface area (Å²) >= 11 is 0. The Hall–Kier alpha value is -4.84. The van der Waals surface area contributed by atoms with Gasteiger partial charge in [0.05, 0.1) is 19.9 Å². The Kier molecular flexibility index (Phi) is 6.96. The van der Waals surface area contributed by atoms with Crippen molar-refractivity contribution < 1.29 is 14.3 Å². The second-order valence-electron chi connectivity index (χ2n) is 9.14. The SMILES string of the molecule is COc1cc2cc(-c3cc(-c4ccccc4)cc(-c4ccccc4)c3)nc(NC(=O)N(C)C)c2cc1OC. The van der Waals surface area contributed by atoms with Crippen LogP contribution >= 0.6 is 0 Å². The number of urea groups is 1. The van der Waals surface area contributed by atoms with Crippen LogP contribution in [0.25, 0.3) is 44.3 Å². The van der Waals surface area contributed by atoms with E-state index in [1.54, 1.807) is 28.3 Å². The van der Waals surface area contributed by atoms with E-state index in [-0.39, 0.29) is 6.03 Å². The average molecular weight is 504 g/mol. The van der Waals surface area contributed by atoms with Crippen molar-refractivity contribution in [3.63, 3.8) is 0 Å². The molecule has 0 aliphatic rings. The first-order valence-corrected chi connectivity index (χ1v) is 12.3. The van der Waals surface area contributed by atoms with Gasteiger partial charge in [-0.15, -0.1) is 0 Å². The van der Waals surface area contributed by atoms with Gasteiger partial charge in [0.15, 0.2) is 11.5 Å². The molecule has 5 rings (SSSR count). The van der Waals surface area contributed by atoms with Gasteiger partial charge < -0.3 is 14.4 Å². The van der Waals surface area contributed by atoms with Crippen molar-refractivity contribution in [3.8, 4) is 45.0 Å². The lowest BCUT2D eigenvalue weighted by Crippen LogP contribution is -2.27. The van der Waals surface area contributed by atoms with Gasteiger partial charge in [0.2, 0.25) is 0 Å². The molecule has 4 aromatic carbocycles. The number of hydrogen-bond acceptors (Lipinski definition) is 4. The highest BCUT2D eigenvalue weighted by molar-refractivity contribution is 6.02. The summed E-state index contributed by atoms with van der Waals surface area (Å²) in [5, 5.41) is 4.58. The number of rotatable bonds is 6. The Morgan fingerprint density at radius 2 is 1.21 bits per heavy atom. The van der Waals surface area contributed by atoms with E-state index in [2.05, 4.69) is 47.8 Å². The van der Waals surface area contributed by atoms with Gasteiger partial charge in [-0.1, -0.05) is 60.7 Å². The molecule has 2 amide bonds. The number of carbonyl (C=O) groups excluding carboxylic acids is 1. The van der Waals surface area contributed by atoms with Gasteiger partial charge in [-0.2, -0.15) is 0 Å². The highest BCUT2D eigenvalue weighted by Crippen LogP contribution is 2.38. The summed E-state index contributed by atoms with van der Waals surface area (Å²) in [7, 11) is 6.58. The van der Waals surface area contributed by atoms with E-state index in [1.165, 1.54) is 4.90 Å². The first-order chi connectivity index (χ1) is 18.5. The van der Waals surface area contributed by atoms with Crippen molar-refractivity contribution in [2.75, 3.05) is 33.6 Å². The molecule has 0 fully saturated rings. The first kappa shape index (κ1) is 24.8. The standard InChI is InChI=1S/C32H29N3O3/c1-35(2)32(36)34-31-27-20-30(38-4)29(37-3)19-25(27)18-28(33-31)26-16-23(21-11-7-5-8-12-21)15-24(17-26)22-13-9-6-10-14-22/h5-20H,1-4H3,(H,33,34,36). The number of methoxy groups -OCH3 is 2. The molecule has 0 aliphatic heterocycles. The van der Waals surface area contributed by atoms with Crippen molar-refractivity contribution in [3.05, 3.63) is 97.1 Å². The number of ether oxygens (including phenoxy) is 2. The van der Waals surface area contributed by atoms with Crippen LogP contribution in [0.3, 0.4) is 0 Å². The van der Waals surface area contributed by atoms with Crippen molar-refractivity contribution in [2.24, 2.45) is 0 Å². The van der Waals surface area contributed by atoms with E-state index in [1.807, 2.05) is 54.6 Å². The normalized spacial score (nSPS) is 10.7. The third-order valence-corrected chi connectivity index (χ3v) is 6.41. The molecular formula is C32H29N3O3. The topological polar surface area (TPSA) is 63.7 Å². The van der Waals surface area contributed by atoms with Gasteiger partial charge in [0, 0.05) is 25.0 Å². The maximum absolute atomic E-state index is 12.7. The molecule has 6 nitrogen and oxygen atoms in total. The van der Waals surface area contributed by atoms with Crippen LogP contribution in [0.4, 0.5) is 10.6 Å². The van der Waals surface area contributed by atoms with Gasteiger partial charge in [-0.25, -0.2) is 9.78 Å². The molecule has 0 saturated heterocycles. The smallest absolute Gasteiger partial charge is 0.322 e. The number of amides is 2. The van der Waals surface area contributed by atoms with Crippen LogP contribution in [0.15, 0.2) is 97.1 Å². The third-order valence-electron chi connectivity index (χ3n) is 6.41. The molecule has 0 bridgehead atoms. The quantitative estimate of drug-likeness (QED) is 0.263. The Morgan fingerprint density at radius 1 is 0.684 bits per heavy atom. The van der Waals surface area contributed by atoms with Gasteiger partial charge in [-0.3, -0.25) is 5.32 Å². The third kappa shape index (κ3) is 5.02. The highest BCUT2D eigenvalue weighted by Gasteiger charge is 2.17. The van der Waals surface area contributed by atoms with Crippen LogP contribution < -0.4 is 14.8 Å². The maximum atomic E-state index is 12.7. The molecule has 38 heavy (non-hydrogen) atoms. The lowest BCUT2D eigenvalue weighted by Gasteiger charge is -2.17. The van der Waals surface area contributed by atoms with E-state index in [0.717, 1.165) is 44.3 Å². The summed E-state index contributed by atoms with van der Waals surface area (Å²) in [6.45, 7) is 0. The van der Waals surface area contributed by atoms with E-state index >= 15 is 0 Å². The van der Waals surface area contributed by atoms with E-state index < -0.39 is 0 Å². The summed E-state index contributed by atoms with van der Waals surface area (Å²) in [4.78, 5) is 19.1. The minimum atomic E-state index is -0.270. The van der Waals surface area contributed by atoms with E-state index in [0.29, 0.717) is 17.3 Å². The highest BCUT2D eigenvalue weighted by atomic mass is 16.5. The predicted octanol–water partition coefficient (Wildman–Crippen LogP) is 7.35. The number of aromatic nitrogens is 1. The minimum absolute atomic E-state index is 0.270. The first-order valence-electron chi connectivity index (χ1n) is 12.3. The minimum Gasteiger partial charge on any atom is -0.493 e. The molecule has 0 aliphatic carbocycles. The Morgan fingerprint density at radius 3 is 1.74 bits per heavy atom. The molecule has 0 unspecified atom stereocenters. The van der Waals surface area contributed by atoms with Crippen LogP contribution in [0.1, 0.15) is 0 Å². The molecule has 6 heteroatoms. The molecule has 1 aromatic heterocycles. The van der Waals surface area contributed by atoms with E-state index in [9.17, 15) is 4.79 Å². The molecule has 0 spiro atoms. The summed E-state index contributed by atoms with van der Waals surface area (Å²) in [5.41, 5.74) is 6.04. The Labute approximate surface area is 222 Å². The van der Waals surface area contributed by atoms with E-state index in [4.69, 9.17) is 14.5 Å². The Balaban J connectivity index is 1.75. The number of hydrogen-bond donors (Lipinski definition) is 1. The van der Waals surface area contributed by atoms with Crippen LogP contribution in [0.2, 0.25) is 0 Å². The summed E-state index contributed by atoms with van der Waals surface area (Å²) in [6.07, 6.45) is 0. The number of nitrogens with zero attached hydrogens (tertiary/aromatic N) is 2. The number of anilines is 1. The van der Waals surface area contributed by atoms with Crippen molar-refractivity contribution in [2.45, 2.75) is 0 Å². The molecular weight excluding hydrogens is 474 g/mol. The Bertz CT molecular complexity index is 1540. The molecule has 190 valence electrons. The van der Waals surface area contributed by atoms with Gasteiger partial charge >= 0.3 is 6.03 Å². The van der Waals surface area contributed by atoms with Crippen LogP contribution in [0.5, 0.6) is 11.5 Å². The molecule has 0 radical (unpaired) electrons. The molecule has 1 heterocycles. The second-order valence-corrected chi connectivity index (χ2v) is 9.14. The lowest BCUT2D eigenvalue weighted by molar-refractivity contribution is 0.230. The molecule has 0 saturated carbocycles. The number of carbonyl (C=O) groups is 1. The molecule has 0 atom stereocenters. The second kappa shape index (κ2) is 10.6. The van der Waals surface area contributed by atoms with Crippen molar-refractivity contribution in [1.29, 1.82) is 0 Å². The summed E-state index contributed by atoms with van der Waals surface area (Å²) in [5.74, 6) is 1.61. The summed E-state index contributed by atoms with van der Waals surface area (Å²) < 4.78 is 11.1. The van der Waals surface area contributed by atoms with Crippen molar-refractivity contribution in [1.82, 2.24) is 9.88 Å².